The number of aryl methyl sites for hydroxylation is 1. The number of anilines is 1. The SMILES string of the molecule is CCN(c1ccccc1)C(O)c1nn(CCOC)c(=O)c2c1c1ccccc1n2C. The van der Waals surface area contributed by atoms with Gasteiger partial charge in [-0.3, -0.25) is 4.79 Å². The first kappa shape index (κ1) is 20.1. The van der Waals surface area contributed by atoms with E-state index in [4.69, 9.17) is 4.74 Å². The van der Waals surface area contributed by atoms with Crippen LogP contribution in [0, 0.1) is 0 Å². The van der Waals surface area contributed by atoms with Crippen LogP contribution in [0.4, 0.5) is 5.69 Å². The van der Waals surface area contributed by atoms with Gasteiger partial charge in [0, 0.05) is 42.7 Å². The second kappa shape index (κ2) is 8.30. The first-order valence-corrected chi connectivity index (χ1v) is 10.0. The molecule has 156 valence electrons. The Morgan fingerprint density at radius 3 is 2.53 bits per heavy atom. The van der Waals surface area contributed by atoms with Crippen LogP contribution in [0.15, 0.2) is 59.4 Å². The summed E-state index contributed by atoms with van der Waals surface area (Å²) in [5, 5.41) is 17.7. The summed E-state index contributed by atoms with van der Waals surface area (Å²) in [6.45, 7) is 3.23. The molecular weight excluding hydrogens is 380 g/mol. The predicted octanol–water partition coefficient (Wildman–Crippen LogP) is 3.05. The van der Waals surface area contributed by atoms with Crippen LogP contribution >= 0.6 is 0 Å². The fraction of sp³-hybridized carbons (Fsp3) is 0.304. The molecule has 7 heteroatoms. The van der Waals surface area contributed by atoms with Crippen LogP contribution in [0.2, 0.25) is 0 Å². The average Bonchev–Trinajstić information content (AvgIpc) is 3.08. The van der Waals surface area contributed by atoms with Crippen molar-refractivity contribution in [1.29, 1.82) is 0 Å². The van der Waals surface area contributed by atoms with Gasteiger partial charge in [-0.25, -0.2) is 4.68 Å². The Bertz CT molecular complexity index is 1230. The second-order valence-electron chi connectivity index (χ2n) is 7.20. The molecule has 0 aliphatic heterocycles. The summed E-state index contributed by atoms with van der Waals surface area (Å²) in [5.74, 6) is 0. The van der Waals surface area contributed by atoms with E-state index in [2.05, 4.69) is 5.10 Å². The summed E-state index contributed by atoms with van der Waals surface area (Å²) in [5.41, 5.74) is 2.60. The summed E-state index contributed by atoms with van der Waals surface area (Å²) in [7, 11) is 3.46. The number of rotatable bonds is 7. The lowest BCUT2D eigenvalue weighted by Gasteiger charge is -2.29. The molecule has 0 amide bonds. The lowest BCUT2D eigenvalue weighted by atomic mass is 10.1. The van der Waals surface area contributed by atoms with Gasteiger partial charge in [0.2, 0.25) is 0 Å². The Kier molecular flexibility index (Phi) is 5.57. The zero-order valence-corrected chi connectivity index (χ0v) is 17.4. The molecule has 7 nitrogen and oxygen atoms in total. The second-order valence-corrected chi connectivity index (χ2v) is 7.20. The lowest BCUT2D eigenvalue weighted by molar-refractivity contribution is 0.162. The highest BCUT2D eigenvalue weighted by atomic mass is 16.5. The van der Waals surface area contributed by atoms with E-state index in [9.17, 15) is 9.90 Å². The van der Waals surface area contributed by atoms with Gasteiger partial charge < -0.3 is 19.3 Å². The highest BCUT2D eigenvalue weighted by molar-refractivity contribution is 6.09. The Hall–Kier alpha value is -3.16. The van der Waals surface area contributed by atoms with Gasteiger partial charge in [-0.05, 0) is 25.1 Å². The third-order valence-electron chi connectivity index (χ3n) is 5.50. The molecule has 1 unspecified atom stereocenters. The Balaban J connectivity index is 2.01. The number of hydrogen-bond acceptors (Lipinski definition) is 5. The molecule has 0 aliphatic carbocycles. The van der Waals surface area contributed by atoms with Crippen molar-refractivity contribution in [3.63, 3.8) is 0 Å². The van der Waals surface area contributed by atoms with Crippen molar-refractivity contribution in [2.45, 2.75) is 19.7 Å². The minimum absolute atomic E-state index is 0.195. The Morgan fingerprint density at radius 2 is 1.83 bits per heavy atom. The number of ether oxygens (including phenoxy) is 1. The van der Waals surface area contributed by atoms with Crippen molar-refractivity contribution in [3.8, 4) is 0 Å². The zero-order valence-electron chi connectivity index (χ0n) is 17.4. The maximum Gasteiger partial charge on any atom is 0.291 e. The molecule has 30 heavy (non-hydrogen) atoms. The third kappa shape index (κ3) is 3.26. The summed E-state index contributed by atoms with van der Waals surface area (Å²) in [6.07, 6.45) is -1.01. The quantitative estimate of drug-likeness (QED) is 0.478. The highest BCUT2D eigenvalue weighted by Crippen LogP contribution is 2.33. The van der Waals surface area contributed by atoms with Gasteiger partial charge in [0.25, 0.3) is 5.56 Å². The number of para-hydroxylation sites is 2. The molecule has 1 N–H and O–H groups in total. The number of aromatic nitrogens is 3. The van der Waals surface area contributed by atoms with Crippen LogP contribution in [-0.4, -0.2) is 39.7 Å². The summed E-state index contributed by atoms with van der Waals surface area (Å²) in [4.78, 5) is 15.1. The molecule has 0 spiro atoms. The number of aliphatic hydroxyl groups excluding tert-OH is 1. The monoisotopic (exact) mass is 406 g/mol. The molecule has 4 rings (SSSR count). The molecule has 2 aromatic heterocycles. The Morgan fingerprint density at radius 1 is 1.13 bits per heavy atom. The number of aliphatic hydroxyl groups is 1. The van der Waals surface area contributed by atoms with Crippen molar-refractivity contribution < 1.29 is 9.84 Å². The van der Waals surface area contributed by atoms with E-state index in [1.807, 2.05) is 78.0 Å². The van der Waals surface area contributed by atoms with Crippen molar-refractivity contribution in [1.82, 2.24) is 14.3 Å². The van der Waals surface area contributed by atoms with Crippen LogP contribution in [0.25, 0.3) is 21.8 Å². The van der Waals surface area contributed by atoms with E-state index < -0.39 is 6.23 Å². The summed E-state index contributed by atoms with van der Waals surface area (Å²) in [6, 6.07) is 17.5. The van der Waals surface area contributed by atoms with Crippen LogP contribution in [0.1, 0.15) is 18.8 Å². The van der Waals surface area contributed by atoms with Crippen LogP contribution in [0.3, 0.4) is 0 Å². The molecular formula is C23H26N4O3. The highest BCUT2D eigenvalue weighted by Gasteiger charge is 2.26. The van der Waals surface area contributed by atoms with Gasteiger partial charge in [0.05, 0.1) is 13.2 Å². The number of nitrogens with zero attached hydrogens (tertiary/aromatic N) is 4. The summed E-state index contributed by atoms with van der Waals surface area (Å²) >= 11 is 0. The van der Waals surface area contributed by atoms with E-state index in [0.29, 0.717) is 36.3 Å². The van der Waals surface area contributed by atoms with Gasteiger partial charge in [-0.2, -0.15) is 5.10 Å². The fourth-order valence-electron chi connectivity index (χ4n) is 4.02. The summed E-state index contributed by atoms with van der Waals surface area (Å²) < 4.78 is 8.43. The number of methoxy groups -OCH3 is 1. The maximum atomic E-state index is 13.2. The Labute approximate surface area is 174 Å². The first-order chi connectivity index (χ1) is 14.6. The smallest absolute Gasteiger partial charge is 0.291 e. The van der Waals surface area contributed by atoms with Gasteiger partial charge in [0.1, 0.15) is 11.2 Å². The fourth-order valence-corrected chi connectivity index (χ4v) is 4.02. The topological polar surface area (TPSA) is 72.5 Å². The van der Waals surface area contributed by atoms with Crippen molar-refractivity contribution >= 4 is 27.5 Å². The van der Waals surface area contributed by atoms with Gasteiger partial charge in [0.15, 0.2) is 6.23 Å². The largest absolute Gasteiger partial charge is 0.383 e. The van der Waals surface area contributed by atoms with Crippen molar-refractivity contribution in [2.24, 2.45) is 7.05 Å². The maximum absolute atomic E-state index is 13.2. The van der Waals surface area contributed by atoms with Gasteiger partial charge >= 0.3 is 0 Å². The molecule has 2 heterocycles. The van der Waals surface area contributed by atoms with E-state index in [1.54, 1.807) is 7.11 Å². The van der Waals surface area contributed by atoms with Crippen LogP contribution in [-0.2, 0) is 18.3 Å². The van der Waals surface area contributed by atoms with Gasteiger partial charge in [-0.1, -0.05) is 36.4 Å². The van der Waals surface area contributed by atoms with Crippen LogP contribution in [0.5, 0.6) is 0 Å². The first-order valence-electron chi connectivity index (χ1n) is 10.0. The van der Waals surface area contributed by atoms with E-state index in [-0.39, 0.29) is 5.56 Å². The molecule has 0 saturated carbocycles. The molecule has 0 bridgehead atoms. The van der Waals surface area contributed by atoms with Crippen molar-refractivity contribution in [2.75, 3.05) is 25.2 Å². The van der Waals surface area contributed by atoms with Gasteiger partial charge in [-0.15, -0.1) is 0 Å². The standard InChI is InChI=1S/C23H26N4O3/c1-4-26(16-10-6-5-7-11-16)22(28)20-19-17-12-8-9-13-18(17)25(2)21(19)23(29)27(24-20)14-15-30-3/h5-13,22,28H,4,14-15H2,1-3H3. The third-order valence-corrected chi connectivity index (χ3v) is 5.50. The molecule has 0 aliphatic rings. The van der Waals surface area contributed by atoms with E-state index >= 15 is 0 Å². The van der Waals surface area contributed by atoms with E-state index in [0.717, 1.165) is 16.6 Å². The molecule has 1 atom stereocenters. The minimum Gasteiger partial charge on any atom is -0.383 e. The molecule has 4 aromatic rings. The number of hydrogen-bond donors (Lipinski definition) is 1. The molecule has 0 saturated heterocycles. The molecule has 0 fully saturated rings. The predicted molar refractivity (Wildman–Crippen MR) is 119 cm³/mol. The lowest BCUT2D eigenvalue weighted by Crippen LogP contribution is -2.33. The van der Waals surface area contributed by atoms with Crippen molar-refractivity contribution in [3.05, 3.63) is 70.6 Å². The normalized spacial score (nSPS) is 12.5. The molecule has 2 aromatic carbocycles. The van der Waals surface area contributed by atoms with Crippen LogP contribution < -0.4 is 10.5 Å². The average molecular weight is 406 g/mol. The molecule has 0 radical (unpaired) electrons. The minimum atomic E-state index is -1.01. The van der Waals surface area contributed by atoms with E-state index in [1.165, 1.54) is 4.68 Å². The number of fused-ring (bicyclic) bond motifs is 3. The zero-order chi connectivity index (χ0) is 21.3. The number of benzene rings is 2.